The van der Waals surface area contributed by atoms with Crippen LogP contribution >= 0.6 is 27.5 Å². The topological polar surface area (TPSA) is 52.3 Å². The second kappa shape index (κ2) is 5.95. The molecular formula is C11H11BrClF2NO2. The summed E-state index contributed by atoms with van der Waals surface area (Å²) in [4.78, 5) is 11.1. The predicted molar refractivity (Wildman–Crippen MR) is 67.7 cm³/mol. The average Bonchev–Trinajstić information content (AvgIpc) is 2.32. The second-order valence-electron chi connectivity index (χ2n) is 3.49. The van der Waals surface area contributed by atoms with Gasteiger partial charge < -0.3 is 10.5 Å². The van der Waals surface area contributed by atoms with Gasteiger partial charge in [-0.2, -0.15) is 8.78 Å². The van der Waals surface area contributed by atoms with E-state index >= 15 is 0 Å². The SMILES string of the molecule is CCOC(=O)C(F)(F)[C@H](N)c1ccc(Cl)c(Br)c1. The molecule has 1 aromatic rings. The van der Waals surface area contributed by atoms with E-state index in [1.807, 2.05) is 0 Å². The van der Waals surface area contributed by atoms with Gasteiger partial charge in [0.15, 0.2) is 0 Å². The smallest absolute Gasteiger partial charge is 0.379 e. The van der Waals surface area contributed by atoms with Crippen LogP contribution in [-0.4, -0.2) is 18.5 Å². The van der Waals surface area contributed by atoms with E-state index in [1.54, 1.807) is 0 Å². The Kier molecular flexibility index (Phi) is 5.07. The zero-order valence-corrected chi connectivity index (χ0v) is 11.8. The van der Waals surface area contributed by atoms with Crippen LogP contribution in [0.4, 0.5) is 8.78 Å². The summed E-state index contributed by atoms with van der Waals surface area (Å²) >= 11 is 8.85. The van der Waals surface area contributed by atoms with E-state index in [0.29, 0.717) is 9.50 Å². The summed E-state index contributed by atoms with van der Waals surface area (Å²) < 4.78 is 32.1. The molecule has 0 aliphatic carbocycles. The molecule has 0 saturated heterocycles. The number of halogens is 4. The Balaban J connectivity index is 3.01. The van der Waals surface area contributed by atoms with E-state index in [2.05, 4.69) is 20.7 Å². The quantitative estimate of drug-likeness (QED) is 0.854. The first kappa shape index (κ1) is 15.3. The van der Waals surface area contributed by atoms with Crippen molar-refractivity contribution in [3.63, 3.8) is 0 Å². The number of hydrogen-bond acceptors (Lipinski definition) is 3. The molecule has 1 aromatic carbocycles. The molecule has 0 saturated carbocycles. The fraction of sp³-hybridized carbons (Fsp3) is 0.364. The highest BCUT2D eigenvalue weighted by Gasteiger charge is 2.47. The molecule has 1 atom stereocenters. The van der Waals surface area contributed by atoms with E-state index in [-0.39, 0.29) is 12.2 Å². The number of carbonyl (C=O) groups is 1. The summed E-state index contributed by atoms with van der Waals surface area (Å²) in [6.45, 7) is 1.31. The van der Waals surface area contributed by atoms with Gasteiger partial charge in [-0.3, -0.25) is 0 Å². The van der Waals surface area contributed by atoms with Crippen molar-refractivity contribution in [2.45, 2.75) is 18.9 Å². The molecule has 0 unspecified atom stereocenters. The van der Waals surface area contributed by atoms with Gasteiger partial charge in [-0.05, 0) is 40.5 Å². The molecule has 0 radical (unpaired) electrons. The Hall–Kier alpha value is -0.720. The highest BCUT2D eigenvalue weighted by Crippen LogP contribution is 2.33. The third-order valence-electron chi connectivity index (χ3n) is 2.24. The highest BCUT2D eigenvalue weighted by molar-refractivity contribution is 9.10. The molecule has 0 fully saturated rings. The Labute approximate surface area is 116 Å². The van der Waals surface area contributed by atoms with Crippen molar-refractivity contribution in [3.8, 4) is 0 Å². The number of carbonyl (C=O) groups excluding carboxylic acids is 1. The van der Waals surface area contributed by atoms with E-state index in [9.17, 15) is 13.6 Å². The zero-order valence-electron chi connectivity index (χ0n) is 9.42. The summed E-state index contributed by atoms with van der Waals surface area (Å²) in [5.74, 6) is -5.42. The largest absolute Gasteiger partial charge is 0.462 e. The number of hydrogen-bond donors (Lipinski definition) is 1. The summed E-state index contributed by atoms with van der Waals surface area (Å²) in [7, 11) is 0. The molecule has 0 heterocycles. The molecule has 2 N–H and O–H groups in total. The van der Waals surface area contributed by atoms with Crippen LogP contribution in [0.1, 0.15) is 18.5 Å². The molecule has 0 aliphatic rings. The maximum atomic E-state index is 13.7. The maximum Gasteiger partial charge on any atom is 0.379 e. The molecular weight excluding hydrogens is 331 g/mol. The summed E-state index contributed by atoms with van der Waals surface area (Å²) in [5.41, 5.74) is 5.50. The lowest BCUT2D eigenvalue weighted by atomic mass is 10.0. The number of esters is 1. The number of ether oxygens (including phenoxy) is 1. The fourth-order valence-electron chi connectivity index (χ4n) is 1.27. The van der Waals surface area contributed by atoms with Gasteiger partial charge in [0.1, 0.15) is 6.04 Å². The van der Waals surface area contributed by atoms with Crippen molar-refractivity contribution in [2.24, 2.45) is 5.73 Å². The molecule has 0 amide bonds. The van der Waals surface area contributed by atoms with Crippen LogP contribution in [-0.2, 0) is 9.53 Å². The predicted octanol–water partition coefficient (Wildman–Crippen LogP) is 3.30. The summed E-state index contributed by atoms with van der Waals surface area (Å²) in [6.07, 6.45) is 0. The summed E-state index contributed by atoms with van der Waals surface area (Å²) in [5, 5.41) is 0.366. The van der Waals surface area contributed by atoms with Gasteiger partial charge in [-0.1, -0.05) is 17.7 Å². The molecule has 100 valence electrons. The van der Waals surface area contributed by atoms with Crippen molar-refractivity contribution in [1.82, 2.24) is 0 Å². The van der Waals surface area contributed by atoms with Crippen LogP contribution in [0.15, 0.2) is 22.7 Å². The van der Waals surface area contributed by atoms with E-state index in [4.69, 9.17) is 17.3 Å². The fourth-order valence-corrected chi connectivity index (χ4v) is 1.78. The van der Waals surface area contributed by atoms with Crippen LogP contribution in [0, 0.1) is 0 Å². The number of nitrogens with two attached hydrogens (primary N) is 1. The Morgan fingerprint density at radius 3 is 2.72 bits per heavy atom. The average molecular weight is 343 g/mol. The number of benzene rings is 1. The van der Waals surface area contributed by atoms with Gasteiger partial charge in [0.25, 0.3) is 0 Å². The van der Waals surface area contributed by atoms with Gasteiger partial charge in [-0.25, -0.2) is 4.79 Å². The van der Waals surface area contributed by atoms with Crippen molar-refractivity contribution < 1.29 is 18.3 Å². The normalized spacial score (nSPS) is 13.2. The van der Waals surface area contributed by atoms with Gasteiger partial charge in [0.05, 0.1) is 11.6 Å². The van der Waals surface area contributed by atoms with Gasteiger partial charge >= 0.3 is 11.9 Å². The molecule has 0 aliphatic heterocycles. The zero-order chi connectivity index (χ0) is 13.9. The van der Waals surface area contributed by atoms with Crippen molar-refractivity contribution in [3.05, 3.63) is 33.3 Å². The number of alkyl halides is 2. The lowest BCUT2D eigenvalue weighted by molar-refractivity contribution is -0.174. The van der Waals surface area contributed by atoms with Crippen LogP contribution in [0.2, 0.25) is 5.02 Å². The molecule has 0 bridgehead atoms. The minimum Gasteiger partial charge on any atom is -0.462 e. The van der Waals surface area contributed by atoms with Crippen LogP contribution in [0.5, 0.6) is 0 Å². The lowest BCUT2D eigenvalue weighted by Gasteiger charge is -2.22. The Bertz CT molecular complexity index is 457. The van der Waals surface area contributed by atoms with Crippen molar-refractivity contribution in [2.75, 3.05) is 6.61 Å². The first-order valence-corrected chi connectivity index (χ1v) is 6.23. The summed E-state index contributed by atoms with van der Waals surface area (Å²) in [6, 6.07) is 2.32. The number of rotatable bonds is 4. The molecule has 3 nitrogen and oxygen atoms in total. The monoisotopic (exact) mass is 341 g/mol. The third kappa shape index (κ3) is 3.18. The van der Waals surface area contributed by atoms with E-state index in [1.165, 1.54) is 25.1 Å². The van der Waals surface area contributed by atoms with E-state index in [0.717, 1.165) is 0 Å². The van der Waals surface area contributed by atoms with Crippen molar-refractivity contribution >= 4 is 33.5 Å². The van der Waals surface area contributed by atoms with Crippen LogP contribution in [0.3, 0.4) is 0 Å². The first-order valence-electron chi connectivity index (χ1n) is 5.06. The second-order valence-corrected chi connectivity index (χ2v) is 4.76. The van der Waals surface area contributed by atoms with Gasteiger partial charge in [0, 0.05) is 4.47 Å². The molecule has 18 heavy (non-hydrogen) atoms. The van der Waals surface area contributed by atoms with E-state index < -0.39 is 17.9 Å². The Morgan fingerprint density at radius 1 is 1.61 bits per heavy atom. The van der Waals surface area contributed by atoms with Crippen molar-refractivity contribution in [1.29, 1.82) is 0 Å². The minimum absolute atomic E-state index is 0.0873. The molecule has 0 spiro atoms. The minimum atomic E-state index is -3.79. The molecule has 1 rings (SSSR count). The first-order chi connectivity index (χ1) is 8.30. The molecule has 0 aromatic heterocycles. The highest BCUT2D eigenvalue weighted by atomic mass is 79.9. The standard InChI is InChI=1S/C11H11BrClF2NO2/c1-2-18-10(17)11(14,15)9(16)6-3-4-8(13)7(12)5-6/h3-5,9H,2,16H2,1H3/t9-/m1/s1. The van der Waals surface area contributed by atoms with Gasteiger partial charge in [0.2, 0.25) is 0 Å². The van der Waals surface area contributed by atoms with Crippen LogP contribution in [0.25, 0.3) is 0 Å². The maximum absolute atomic E-state index is 13.7. The Morgan fingerprint density at radius 2 is 2.22 bits per heavy atom. The third-order valence-corrected chi connectivity index (χ3v) is 3.45. The molecule has 7 heteroatoms. The van der Waals surface area contributed by atoms with Gasteiger partial charge in [-0.15, -0.1) is 0 Å². The lowest BCUT2D eigenvalue weighted by Crippen LogP contribution is -2.41. The van der Waals surface area contributed by atoms with Crippen LogP contribution < -0.4 is 5.73 Å².